The molecule has 0 aliphatic heterocycles. The molecule has 0 saturated heterocycles. The van der Waals surface area contributed by atoms with Crippen molar-refractivity contribution >= 4 is 35.0 Å². The second-order valence-electron chi connectivity index (χ2n) is 4.62. The zero-order chi connectivity index (χ0) is 13.6. The SMILES string of the molecule is CCCCCCCCCCCOC(=O)CC(=O)O.[H-].[H-].[Mg+2]. The maximum absolute atomic E-state index is 10.9. The van der Waals surface area contributed by atoms with Gasteiger partial charge in [-0.2, -0.15) is 0 Å². The predicted octanol–water partition coefficient (Wildman–Crippen LogP) is 3.38. The monoisotopic (exact) mass is 284 g/mol. The van der Waals surface area contributed by atoms with Gasteiger partial charge in [-0.25, -0.2) is 0 Å². The standard InChI is InChI=1S/C14H26O4.Mg.2H/c1-2-3-4-5-6-7-8-9-10-11-18-14(17)12-13(15)16;;;/h2-12H2,1H3,(H,15,16);;;/q;+2;2*-1. The van der Waals surface area contributed by atoms with Gasteiger partial charge in [0, 0.05) is 0 Å². The number of hydrogen-bond donors (Lipinski definition) is 1. The molecule has 0 spiro atoms. The maximum Gasteiger partial charge on any atom is 2.00 e. The van der Waals surface area contributed by atoms with Crippen molar-refractivity contribution in [3.8, 4) is 0 Å². The fourth-order valence-corrected chi connectivity index (χ4v) is 1.77. The molecule has 0 bridgehead atoms. The Kier molecular flexibility index (Phi) is 17.4. The summed E-state index contributed by atoms with van der Waals surface area (Å²) in [6.45, 7) is 2.56. The molecule has 0 aromatic carbocycles. The normalized spacial score (nSPS) is 9.74. The van der Waals surface area contributed by atoms with Crippen LogP contribution < -0.4 is 0 Å². The Morgan fingerprint density at radius 1 is 0.947 bits per heavy atom. The quantitative estimate of drug-likeness (QED) is 0.258. The molecule has 0 aromatic rings. The summed E-state index contributed by atoms with van der Waals surface area (Å²) in [7, 11) is 0. The van der Waals surface area contributed by atoms with E-state index in [1.165, 1.54) is 44.9 Å². The second-order valence-corrected chi connectivity index (χ2v) is 4.62. The number of carboxylic acid groups (broad SMARTS) is 1. The average molecular weight is 285 g/mol. The van der Waals surface area contributed by atoms with E-state index in [1.807, 2.05) is 0 Å². The van der Waals surface area contributed by atoms with Crippen LogP contribution in [0.1, 0.15) is 74.0 Å². The van der Waals surface area contributed by atoms with Crippen LogP contribution in [0.5, 0.6) is 0 Å². The molecule has 0 radical (unpaired) electrons. The van der Waals surface area contributed by atoms with E-state index in [9.17, 15) is 9.59 Å². The van der Waals surface area contributed by atoms with E-state index in [-0.39, 0.29) is 25.9 Å². The molecular formula is C14H28MgO4. The van der Waals surface area contributed by atoms with E-state index in [1.54, 1.807) is 0 Å². The van der Waals surface area contributed by atoms with Gasteiger partial charge in [0.2, 0.25) is 0 Å². The fourth-order valence-electron chi connectivity index (χ4n) is 1.77. The summed E-state index contributed by atoms with van der Waals surface area (Å²) in [5.74, 6) is -1.77. The van der Waals surface area contributed by atoms with Crippen molar-refractivity contribution in [2.45, 2.75) is 71.1 Å². The Balaban J connectivity index is -0.000000482. The van der Waals surface area contributed by atoms with Gasteiger partial charge < -0.3 is 12.7 Å². The summed E-state index contributed by atoms with van der Waals surface area (Å²) in [6.07, 6.45) is 10.3. The third-order valence-corrected chi connectivity index (χ3v) is 2.81. The molecular weight excluding hydrogens is 256 g/mol. The Morgan fingerprint density at radius 2 is 1.42 bits per heavy atom. The molecule has 0 amide bonds. The van der Waals surface area contributed by atoms with Crippen molar-refractivity contribution in [1.82, 2.24) is 0 Å². The van der Waals surface area contributed by atoms with Crippen LogP contribution in [0, 0.1) is 0 Å². The van der Waals surface area contributed by atoms with Crippen molar-refractivity contribution in [3.63, 3.8) is 0 Å². The first kappa shape index (κ1) is 21.0. The Labute approximate surface area is 135 Å². The smallest absolute Gasteiger partial charge is 1.00 e. The molecule has 0 unspecified atom stereocenters. The summed E-state index contributed by atoms with van der Waals surface area (Å²) in [5.41, 5.74) is 0. The predicted molar refractivity (Wildman–Crippen MR) is 78.4 cm³/mol. The molecule has 0 atom stereocenters. The van der Waals surface area contributed by atoms with Crippen molar-refractivity contribution in [1.29, 1.82) is 0 Å². The summed E-state index contributed by atoms with van der Waals surface area (Å²) < 4.78 is 4.79. The molecule has 0 fully saturated rings. The minimum Gasteiger partial charge on any atom is -1.00 e. The van der Waals surface area contributed by atoms with E-state index in [4.69, 9.17) is 9.84 Å². The van der Waals surface area contributed by atoms with Crippen LogP contribution in [0.15, 0.2) is 0 Å². The van der Waals surface area contributed by atoms with Crippen LogP contribution in [0.2, 0.25) is 0 Å². The van der Waals surface area contributed by atoms with Crippen LogP contribution in [-0.4, -0.2) is 46.7 Å². The summed E-state index contributed by atoms with van der Waals surface area (Å²) in [6, 6.07) is 0. The van der Waals surface area contributed by atoms with Crippen molar-refractivity contribution in [2.24, 2.45) is 0 Å². The van der Waals surface area contributed by atoms with E-state index < -0.39 is 18.4 Å². The molecule has 0 aliphatic carbocycles. The van der Waals surface area contributed by atoms with Gasteiger partial charge in [-0.1, -0.05) is 58.3 Å². The van der Waals surface area contributed by atoms with Gasteiger partial charge in [0.1, 0.15) is 6.42 Å². The molecule has 0 saturated carbocycles. The van der Waals surface area contributed by atoms with Crippen molar-refractivity contribution < 1.29 is 22.3 Å². The van der Waals surface area contributed by atoms with Gasteiger partial charge in [-0.05, 0) is 6.42 Å². The zero-order valence-corrected chi connectivity index (χ0v) is 13.6. The topological polar surface area (TPSA) is 63.6 Å². The number of carbonyl (C=O) groups excluding carboxylic acids is 1. The number of carbonyl (C=O) groups is 2. The summed E-state index contributed by atoms with van der Waals surface area (Å²) in [4.78, 5) is 21.1. The van der Waals surface area contributed by atoms with Crippen LogP contribution >= 0.6 is 0 Å². The number of aliphatic carboxylic acids is 1. The molecule has 5 heteroatoms. The van der Waals surface area contributed by atoms with E-state index in [2.05, 4.69) is 6.92 Å². The maximum atomic E-state index is 10.9. The Hall–Kier alpha value is -0.294. The van der Waals surface area contributed by atoms with Crippen LogP contribution in [0.3, 0.4) is 0 Å². The van der Waals surface area contributed by atoms with Crippen LogP contribution in [-0.2, 0) is 14.3 Å². The van der Waals surface area contributed by atoms with E-state index in [0.29, 0.717) is 6.61 Å². The molecule has 110 valence electrons. The largest absolute Gasteiger partial charge is 2.00 e. The van der Waals surface area contributed by atoms with Gasteiger partial charge in [-0.3, -0.25) is 9.59 Å². The van der Waals surface area contributed by atoms with Gasteiger partial charge >= 0.3 is 35.0 Å². The number of ether oxygens (including phenoxy) is 1. The summed E-state index contributed by atoms with van der Waals surface area (Å²) >= 11 is 0. The first-order valence-electron chi connectivity index (χ1n) is 7.04. The second kappa shape index (κ2) is 15.8. The van der Waals surface area contributed by atoms with Gasteiger partial charge in [0.05, 0.1) is 6.61 Å². The summed E-state index contributed by atoms with van der Waals surface area (Å²) in [5, 5.41) is 8.34. The number of rotatable bonds is 12. The molecule has 0 aromatic heterocycles. The zero-order valence-electron chi connectivity index (χ0n) is 14.2. The average Bonchev–Trinajstić information content (AvgIpc) is 2.30. The number of unbranched alkanes of at least 4 members (excludes halogenated alkanes) is 8. The molecule has 19 heavy (non-hydrogen) atoms. The van der Waals surface area contributed by atoms with Crippen molar-refractivity contribution in [2.75, 3.05) is 6.61 Å². The minimum atomic E-state index is -1.13. The van der Waals surface area contributed by atoms with Crippen molar-refractivity contribution in [3.05, 3.63) is 0 Å². The van der Waals surface area contributed by atoms with Crippen LogP contribution in [0.25, 0.3) is 0 Å². The number of carboxylic acids is 1. The fraction of sp³-hybridized carbons (Fsp3) is 0.857. The number of hydrogen-bond acceptors (Lipinski definition) is 3. The van der Waals surface area contributed by atoms with E-state index in [0.717, 1.165) is 12.8 Å². The minimum absolute atomic E-state index is 0. The first-order chi connectivity index (χ1) is 8.66. The van der Waals surface area contributed by atoms with Gasteiger partial charge in [0.25, 0.3) is 0 Å². The van der Waals surface area contributed by atoms with Crippen LogP contribution in [0.4, 0.5) is 0 Å². The third-order valence-electron chi connectivity index (χ3n) is 2.81. The molecule has 0 aliphatic rings. The van der Waals surface area contributed by atoms with Gasteiger partial charge in [-0.15, -0.1) is 0 Å². The molecule has 4 nitrogen and oxygen atoms in total. The number of esters is 1. The molecule has 1 N–H and O–H groups in total. The molecule has 0 rings (SSSR count). The first-order valence-corrected chi connectivity index (χ1v) is 7.04. The molecule has 0 heterocycles. The Morgan fingerprint density at radius 3 is 1.89 bits per heavy atom. The third kappa shape index (κ3) is 17.7. The Bertz CT molecular complexity index is 241. The van der Waals surface area contributed by atoms with E-state index >= 15 is 0 Å². The van der Waals surface area contributed by atoms with Gasteiger partial charge in [0.15, 0.2) is 0 Å².